The number of carbonyl (C=O) groups is 1. The molecule has 3 rings (SSSR count). The van der Waals surface area contributed by atoms with Crippen LogP contribution in [0, 0.1) is 6.92 Å². The van der Waals surface area contributed by atoms with Crippen LogP contribution in [-0.2, 0) is 6.42 Å². The summed E-state index contributed by atoms with van der Waals surface area (Å²) in [5.41, 5.74) is 1.40. The van der Waals surface area contributed by atoms with E-state index < -0.39 is 0 Å². The van der Waals surface area contributed by atoms with Gasteiger partial charge in [0.25, 0.3) is 5.91 Å². The lowest BCUT2D eigenvalue weighted by molar-refractivity contribution is 0.0458. The number of furan rings is 1. The Kier molecular flexibility index (Phi) is 5.36. The van der Waals surface area contributed by atoms with E-state index in [1.807, 2.05) is 17.9 Å². The van der Waals surface area contributed by atoms with E-state index in [1.54, 1.807) is 6.07 Å². The third kappa shape index (κ3) is 4.06. The molecule has 1 unspecified atom stereocenters. The molecule has 2 heterocycles. The van der Waals surface area contributed by atoms with Gasteiger partial charge in [-0.05, 0) is 50.9 Å². The minimum Gasteiger partial charge on any atom is -0.456 e. The van der Waals surface area contributed by atoms with Crippen molar-refractivity contribution < 1.29 is 9.21 Å². The van der Waals surface area contributed by atoms with E-state index in [2.05, 4.69) is 42.2 Å². The second-order valence-electron chi connectivity index (χ2n) is 6.65. The first-order chi connectivity index (χ1) is 11.6. The van der Waals surface area contributed by atoms with Crippen LogP contribution < -0.4 is 0 Å². The molecule has 4 heteroatoms. The molecule has 4 nitrogen and oxygen atoms in total. The molecule has 0 bridgehead atoms. The summed E-state index contributed by atoms with van der Waals surface area (Å²) >= 11 is 0. The van der Waals surface area contributed by atoms with Crippen LogP contribution in [0.3, 0.4) is 0 Å². The molecule has 1 aliphatic rings. The summed E-state index contributed by atoms with van der Waals surface area (Å²) in [4.78, 5) is 16.9. The standard InChI is InChI=1S/C20H26N2O2/c1-16-15-21(12-6-9-18-7-4-3-5-8-18)13-14-22(16)20(23)19-11-10-17(2)24-19/h3-5,7-8,10-11,16H,6,9,12-15H2,1-2H3. The minimum absolute atomic E-state index is 0.0135. The Morgan fingerprint density at radius 3 is 2.62 bits per heavy atom. The molecule has 0 aliphatic carbocycles. The van der Waals surface area contributed by atoms with Crippen LogP contribution >= 0.6 is 0 Å². The van der Waals surface area contributed by atoms with E-state index in [9.17, 15) is 4.79 Å². The number of benzene rings is 1. The lowest BCUT2D eigenvalue weighted by Crippen LogP contribution is -2.54. The van der Waals surface area contributed by atoms with Crippen molar-refractivity contribution in [3.63, 3.8) is 0 Å². The normalized spacial score (nSPS) is 18.8. The Hall–Kier alpha value is -2.07. The zero-order valence-electron chi connectivity index (χ0n) is 14.6. The van der Waals surface area contributed by atoms with Crippen molar-refractivity contribution in [3.05, 3.63) is 59.5 Å². The number of piperazine rings is 1. The number of aryl methyl sites for hydroxylation is 2. The lowest BCUT2D eigenvalue weighted by Gasteiger charge is -2.39. The smallest absolute Gasteiger partial charge is 0.289 e. The van der Waals surface area contributed by atoms with Gasteiger partial charge in [-0.15, -0.1) is 0 Å². The van der Waals surface area contributed by atoms with Crippen LogP contribution in [0.2, 0.25) is 0 Å². The van der Waals surface area contributed by atoms with E-state index in [1.165, 1.54) is 5.56 Å². The number of rotatable bonds is 5. The fourth-order valence-corrected chi connectivity index (χ4v) is 3.38. The Labute approximate surface area is 144 Å². The quantitative estimate of drug-likeness (QED) is 0.845. The van der Waals surface area contributed by atoms with Gasteiger partial charge in [0.1, 0.15) is 5.76 Å². The Morgan fingerprint density at radius 1 is 1.17 bits per heavy atom. The second-order valence-corrected chi connectivity index (χ2v) is 6.65. The molecule has 1 atom stereocenters. The van der Waals surface area contributed by atoms with Crippen LogP contribution in [0.4, 0.5) is 0 Å². The molecule has 1 saturated heterocycles. The van der Waals surface area contributed by atoms with Crippen LogP contribution in [0.1, 0.15) is 35.2 Å². The summed E-state index contributed by atoms with van der Waals surface area (Å²) in [7, 11) is 0. The van der Waals surface area contributed by atoms with Gasteiger partial charge in [-0.25, -0.2) is 0 Å². The van der Waals surface area contributed by atoms with Crippen molar-refractivity contribution in [2.45, 2.75) is 32.7 Å². The highest BCUT2D eigenvalue weighted by molar-refractivity contribution is 5.91. The zero-order valence-corrected chi connectivity index (χ0v) is 14.6. The van der Waals surface area contributed by atoms with Gasteiger partial charge in [0, 0.05) is 25.7 Å². The van der Waals surface area contributed by atoms with Gasteiger partial charge in [0.15, 0.2) is 5.76 Å². The van der Waals surface area contributed by atoms with Gasteiger partial charge in [-0.3, -0.25) is 9.69 Å². The molecule has 128 valence electrons. The minimum atomic E-state index is 0.0135. The van der Waals surface area contributed by atoms with E-state index >= 15 is 0 Å². The molecule has 0 saturated carbocycles. The van der Waals surface area contributed by atoms with Crippen molar-refractivity contribution in [2.24, 2.45) is 0 Å². The number of hydrogen-bond acceptors (Lipinski definition) is 3. The van der Waals surface area contributed by atoms with Crippen molar-refractivity contribution in [2.75, 3.05) is 26.2 Å². The van der Waals surface area contributed by atoms with Gasteiger partial charge in [-0.1, -0.05) is 30.3 Å². The Bertz CT molecular complexity index is 665. The fraction of sp³-hybridized carbons (Fsp3) is 0.450. The number of carbonyl (C=O) groups excluding carboxylic acids is 1. The van der Waals surface area contributed by atoms with Gasteiger partial charge in [0.05, 0.1) is 0 Å². The molecule has 1 aromatic heterocycles. The summed E-state index contributed by atoms with van der Waals surface area (Å²) in [5, 5.41) is 0. The van der Waals surface area contributed by atoms with Crippen molar-refractivity contribution in [1.82, 2.24) is 9.80 Å². The van der Waals surface area contributed by atoms with Crippen molar-refractivity contribution in [3.8, 4) is 0 Å². The molecule has 0 radical (unpaired) electrons. The van der Waals surface area contributed by atoms with Gasteiger partial charge in [-0.2, -0.15) is 0 Å². The van der Waals surface area contributed by atoms with Gasteiger partial charge < -0.3 is 9.32 Å². The van der Waals surface area contributed by atoms with E-state index in [0.29, 0.717) is 5.76 Å². The molecular weight excluding hydrogens is 300 g/mol. The predicted octanol–water partition coefficient (Wildman–Crippen LogP) is 3.37. The summed E-state index contributed by atoms with van der Waals surface area (Å²) in [6.07, 6.45) is 2.27. The highest BCUT2D eigenvalue weighted by atomic mass is 16.3. The molecule has 1 fully saturated rings. The third-order valence-electron chi connectivity index (χ3n) is 4.71. The highest BCUT2D eigenvalue weighted by Crippen LogP contribution is 2.16. The Balaban J connectivity index is 1.47. The largest absolute Gasteiger partial charge is 0.456 e. The number of amides is 1. The first-order valence-electron chi connectivity index (χ1n) is 8.77. The van der Waals surface area contributed by atoms with Crippen LogP contribution in [0.15, 0.2) is 46.9 Å². The SMILES string of the molecule is Cc1ccc(C(=O)N2CCN(CCCc3ccccc3)CC2C)o1. The Morgan fingerprint density at radius 2 is 1.96 bits per heavy atom. The average Bonchev–Trinajstić information content (AvgIpc) is 3.02. The van der Waals surface area contributed by atoms with E-state index in [4.69, 9.17) is 4.42 Å². The van der Waals surface area contributed by atoms with Gasteiger partial charge >= 0.3 is 0 Å². The van der Waals surface area contributed by atoms with Crippen LogP contribution in [0.5, 0.6) is 0 Å². The first kappa shape index (κ1) is 16.8. The molecule has 0 N–H and O–H groups in total. The van der Waals surface area contributed by atoms with E-state index in [-0.39, 0.29) is 11.9 Å². The average molecular weight is 326 g/mol. The lowest BCUT2D eigenvalue weighted by atomic mass is 10.1. The summed E-state index contributed by atoms with van der Waals surface area (Å²) in [6.45, 7) is 7.71. The maximum Gasteiger partial charge on any atom is 0.289 e. The third-order valence-corrected chi connectivity index (χ3v) is 4.71. The summed E-state index contributed by atoms with van der Waals surface area (Å²) in [5.74, 6) is 1.25. The zero-order chi connectivity index (χ0) is 16.9. The second kappa shape index (κ2) is 7.67. The van der Waals surface area contributed by atoms with Crippen LogP contribution in [0.25, 0.3) is 0 Å². The highest BCUT2D eigenvalue weighted by Gasteiger charge is 2.29. The monoisotopic (exact) mass is 326 g/mol. The molecule has 0 spiro atoms. The predicted molar refractivity (Wildman–Crippen MR) is 95.1 cm³/mol. The number of nitrogens with zero attached hydrogens (tertiary/aromatic N) is 2. The molecule has 1 aromatic carbocycles. The first-order valence-corrected chi connectivity index (χ1v) is 8.77. The van der Waals surface area contributed by atoms with Crippen LogP contribution in [-0.4, -0.2) is 47.9 Å². The maximum absolute atomic E-state index is 12.5. The molecule has 2 aromatic rings. The molecule has 1 aliphatic heterocycles. The summed E-state index contributed by atoms with van der Waals surface area (Å²) < 4.78 is 5.48. The van der Waals surface area contributed by atoms with E-state index in [0.717, 1.165) is 44.8 Å². The van der Waals surface area contributed by atoms with Crippen molar-refractivity contribution in [1.29, 1.82) is 0 Å². The molecular formula is C20H26N2O2. The fourth-order valence-electron chi connectivity index (χ4n) is 3.38. The molecule has 24 heavy (non-hydrogen) atoms. The van der Waals surface area contributed by atoms with Gasteiger partial charge in [0.2, 0.25) is 0 Å². The molecule has 1 amide bonds. The maximum atomic E-state index is 12.5. The van der Waals surface area contributed by atoms with Crippen molar-refractivity contribution >= 4 is 5.91 Å². The number of hydrogen-bond donors (Lipinski definition) is 0. The topological polar surface area (TPSA) is 36.7 Å². The summed E-state index contributed by atoms with van der Waals surface area (Å²) in [6, 6.07) is 14.5.